The van der Waals surface area contributed by atoms with Crippen molar-refractivity contribution in [2.24, 2.45) is 0 Å². The van der Waals surface area contributed by atoms with Crippen LogP contribution >= 0.6 is 0 Å². The van der Waals surface area contributed by atoms with Crippen LogP contribution in [-0.4, -0.2) is 40.5 Å². The van der Waals surface area contributed by atoms with Crippen molar-refractivity contribution < 1.29 is 19.9 Å². The van der Waals surface area contributed by atoms with Crippen molar-refractivity contribution in [1.29, 1.82) is 0 Å². The molecule has 1 saturated carbocycles. The summed E-state index contributed by atoms with van der Waals surface area (Å²) >= 11 is 0. The van der Waals surface area contributed by atoms with E-state index in [1.54, 1.807) is 12.1 Å². The average molecular weight is 282 g/mol. The van der Waals surface area contributed by atoms with Crippen molar-refractivity contribution in [3.8, 4) is 5.75 Å². The van der Waals surface area contributed by atoms with Gasteiger partial charge in [-0.3, -0.25) is 10.1 Å². The Morgan fingerprint density at radius 3 is 2.85 bits per heavy atom. The number of hydrogen-bond acceptors (Lipinski definition) is 6. The van der Waals surface area contributed by atoms with Gasteiger partial charge in [0.25, 0.3) is 0 Å². The average Bonchev–Trinajstić information content (AvgIpc) is 3.26. The summed E-state index contributed by atoms with van der Waals surface area (Å²) in [5, 5.41) is 32.2. The number of nitro benzene ring substituents is 1. The Balaban J connectivity index is 2.06. The Hall–Kier alpha value is -1.70. The van der Waals surface area contributed by atoms with E-state index in [9.17, 15) is 15.2 Å². The van der Waals surface area contributed by atoms with Crippen LogP contribution in [0.25, 0.3) is 0 Å². The molecule has 0 saturated heterocycles. The number of nitrogens with one attached hydrogen (secondary N) is 1. The lowest BCUT2D eigenvalue weighted by Crippen LogP contribution is -2.21. The van der Waals surface area contributed by atoms with E-state index in [0.717, 1.165) is 5.56 Å². The fourth-order valence-electron chi connectivity index (χ4n) is 1.72. The highest BCUT2D eigenvalue weighted by molar-refractivity contribution is 5.48. The van der Waals surface area contributed by atoms with Crippen LogP contribution in [0, 0.1) is 10.1 Å². The fraction of sp³-hybridized carbons (Fsp3) is 0.538. The molecule has 1 atom stereocenters. The molecule has 1 unspecified atom stereocenters. The zero-order valence-corrected chi connectivity index (χ0v) is 11.0. The molecule has 7 nitrogen and oxygen atoms in total. The summed E-state index contributed by atoms with van der Waals surface area (Å²) in [7, 11) is 0. The standard InChI is InChI=1S/C13H18N2O5/c16-7-11(17)8-20-13-5-9(6-14-10-2-3-10)1-4-12(13)15(18)19/h1,4-5,10-11,14,16-17H,2-3,6-8H2. The SMILES string of the molecule is O=[N+]([O-])c1ccc(CNC2CC2)cc1OCC(O)CO. The van der Waals surface area contributed by atoms with Gasteiger partial charge in [-0.15, -0.1) is 0 Å². The maximum Gasteiger partial charge on any atom is 0.310 e. The minimum Gasteiger partial charge on any atom is -0.484 e. The maximum atomic E-state index is 10.9. The minimum atomic E-state index is -1.05. The first-order chi connectivity index (χ1) is 9.60. The van der Waals surface area contributed by atoms with Crippen LogP contribution in [-0.2, 0) is 6.54 Å². The zero-order chi connectivity index (χ0) is 14.5. The summed E-state index contributed by atoms with van der Waals surface area (Å²) in [5.74, 6) is 0.109. The van der Waals surface area contributed by atoms with Crippen molar-refractivity contribution in [3.05, 3.63) is 33.9 Å². The number of aliphatic hydroxyl groups is 2. The van der Waals surface area contributed by atoms with Crippen LogP contribution in [0.4, 0.5) is 5.69 Å². The van der Waals surface area contributed by atoms with Gasteiger partial charge in [-0.25, -0.2) is 0 Å². The highest BCUT2D eigenvalue weighted by Gasteiger charge is 2.21. The van der Waals surface area contributed by atoms with E-state index in [-0.39, 0.29) is 18.0 Å². The highest BCUT2D eigenvalue weighted by Crippen LogP contribution is 2.28. The van der Waals surface area contributed by atoms with Crippen LogP contribution in [0.2, 0.25) is 0 Å². The Morgan fingerprint density at radius 2 is 2.25 bits per heavy atom. The molecule has 0 bridgehead atoms. The largest absolute Gasteiger partial charge is 0.484 e. The Labute approximate surface area is 116 Å². The first kappa shape index (κ1) is 14.7. The summed E-state index contributed by atoms with van der Waals surface area (Å²) in [6, 6.07) is 5.22. The molecule has 110 valence electrons. The van der Waals surface area contributed by atoms with Crippen molar-refractivity contribution in [2.75, 3.05) is 13.2 Å². The lowest BCUT2D eigenvalue weighted by Gasteiger charge is -2.11. The lowest BCUT2D eigenvalue weighted by molar-refractivity contribution is -0.385. The Bertz CT molecular complexity index is 476. The summed E-state index contributed by atoms with van der Waals surface area (Å²) in [4.78, 5) is 10.4. The van der Waals surface area contributed by atoms with Crippen molar-refractivity contribution >= 4 is 5.69 Å². The predicted octanol–water partition coefficient (Wildman–Crippen LogP) is 0.579. The second-order valence-electron chi connectivity index (χ2n) is 4.86. The third kappa shape index (κ3) is 4.16. The molecule has 0 aromatic heterocycles. The quantitative estimate of drug-likeness (QED) is 0.476. The van der Waals surface area contributed by atoms with E-state index in [1.807, 2.05) is 0 Å². The number of rotatable bonds is 8. The Morgan fingerprint density at radius 1 is 1.50 bits per heavy atom. The van der Waals surface area contributed by atoms with Crippen LogP contribution in [0.1, 0.15) is 18.4 Å². The molecule has 0 aliphatic heterocycles. The van der Waals surface area contributed by atoms with Gasteiger partial charge in [-0.05, 0) is 24.5 Å². The number of nitro groups is 1. The van der Waals surface area contributed by atoms with E-state index in [2.05, 4.69) is 5.32 Å². The summed E-state index contributed by atoms with van der Waals surface area (Å²) in [6.07, 6.45) is 1.28. The number of benzene rings is 1. The lowest BCUT2D eigenvalue weighted by atomic mass is 10.2. The van der Waals surface area contributed by atoms with E-state index in [0.29, 0.717) is 12.6 Å². The molecular weight excluding hydrogens is 264 g/mol. The number of hydrogen-bond donors (Lipinski definition) is 3. The number of ether oxygens (including phenoxy) is 1. The van der Waals surface area contributed by atoms with Crippen molar-refractivity contribution in [2.45, 2.75) is 31.5 Å². The molecule has 0 radical (unpaired) electrons. The number of aliphatic hydroxyl groups excluding tert-OH is 2. The topological polar surface area (TPSA) is 105 Å². The van der Waals surface area contributed by atoms with Crippen LogP contribution in [0.5, 0.6) is 5.75 Å². The van der Waals surface area contributed by atoms with Gasteiger partial charge < -0.3 is 20.3 Å². The maximum absolute atomic E-state index is 10.9. The van der Waals surface area contributed by atoms with Crippen LogP contribution in [0.15, 0.2) is 18.2 Å². The summed E-state index contributed by atoms with van der Waals surface area (Å²) in [5.41, 5.74) is 0.737. The molecular formula is C13H18N2O5. The summed E-state index contributed by atoms with van der Waals surface area (Å²) < 4.78 is 5.23. The third-order valence-corrected chi connectivity index (χ3v) is 3.04. The van der Waals surface area contributed by atoms with Gasteiger partial charge in [0.1, 0.15) is 12.7 Å². The Kier molecular flexibility index (Phi) is 4.89. The molecule has 0 heterocycles. The van der Waals surface area contributed by atoms with Gasteiger partial charge in [0.05, 0.1) is 11.5 Å². The molecule has 3 N–H and O–H groups in total. The second-order valence-corrected chi connectivity index (χ2v) is 4.86. The molecule has 1 aliphatic carbocycles. The fourth-order valence-corrected chi connectivity index (χ4v) is 1.72. The summed E-state index contributed by atoms with van der Waals surface area (Å²) in [6.45, 7) is -0.00482. The molecule has 20 heavy (non-hydrogen) atoms. The normalized spacial score (nSPS) is 15.9. The van der Waals surface area contributed by atoms with E-state index in [1.165, 1.54) is 18.9 Å². The highest BCUT2D eigenvalue weighted by atomic mass is 16.6. The van der Waals surface area contributed by atoms with E-state index in [4.69, 9.17) is 9.84 Å². The van der Waals surface area contributed by atoms with Gasteiger partial charge in [0.2, 0.25) is 0 Å². The minimum absolute atomic E-state index is 0.109. The second kappa shape index (κ2) is 6.65. The molecule has 1 fully saturated rings. The predicted molar refractivity (Wildman–Crippen MR) is 71.5 cm³/mol. The monoisotopic (exact) mass is 282 g/mol. The van der Waals surface area contributed by atoms with Gasteiger partial charge >= 0.3 is 5.69 Å². The zero-order valence-electron chi connectivity index (χ0n) is 11.0. The van der Waals surface area contributed by atoms with E-state index < -0.39 is 17.6 Å². The molecule has 1 aromatic carbocycles. The molecule has 7 heteroatoms. The van der Waals surface area contributed by atoms with Crippen LogP contribution in [0.3, 0.4) is 0 Å². The molecule has 0 spiro atoms. The first-order valence-electron chi connectivity index (χ1n) is 6.52. The van der Waals surface area contributed by atoms with Gasteiger partial charge in [0, 0.05) is 18.7 Å². The number of nitrogens with zero attached hydrogens (tertiary/aromatic N) is 1. The van der Waals surface area contributed by atoms with Crippen LogP contribution < -0.4 is 10.1 Å². The molecule has 1 aliphatic rings. The van der Waals surface area contributed by atoms with E-state index >= 15 is 0 Å². The van der Waals surface area contributed by atoms with Gasteiger partial charge in [-0.2, -0.15) is 0 Å². The van der Waals surface area contributed by atoms with Crippen molar-refractivity contribution in [1.82, 2.24) is 5.32 Å². The van der Waals surface area contributed by atoms with Crippen molar-refractivity contribution in [3.63, 3.8) is 0 Å². The molecule has 0 amide bonds. The molecule has 2 rings (SSSR count). The van der Waals surface area contributed by atoms with Gasteiger partial charge in [-0.1, -0.05) is 6.07 Å². The first-order valence-corrected chi connectivity index (χ1v) is 6.52. The smallest absolute Gasteiger partial charge is 0.310 e. The molecule has 1 aromatic rings. The van der Waals surface area contributed by atoms with Gasteiger partial charge in [0.15, 0.2) is 5.75 Å². The third-order valence-electron chi connectivity index (χ3n) is 3.04.